The van der Waals surface area contributed by atoms with E-state index in [0.29, 0.717) is 19.7 Å². The summed E-state index contributed by atoms with van der Waals surface area (Å²) < 4.78 is 10.6. The summed E-state index contributed by atoms with van der Waals surface area (Å²) in [5.41, 5.74) is -0.574. The number of aliphatic carboxylic acids is 1. The normalized spacial score (nSPS) is 21.2. The van der Waals surface area contributed by atoms with Crippen LogP contribution in [0.15, 0.2) is 0 Å². The van der Waals surface area contributed by atoms with E-state index in [0.717, 1.165) is 57.8 Å². The summed E-state index contributed by atoms with van der Waals surface area (Å²) in [6.07, 6.45) is 8.08. The summed E-state index contributed by atoms with van der Waals surface area (Å²) in [6, 6.07) is 0. The molecule has 0 aromatic heterocycles. The first-order valence-electron chi connectivity index (χ1n) is 7.55. The molecule has 0 aromatic rings. The van der Waals surface area contributed by atoms with Gasteiger partial charge >= 0.3 is 5.97 Å². The molecule has 1 N–H and O–H groups in total. The summed E-state index contributed by atoms with van der Waals surface area (Å²) in [7, 11) is 0. The lowest BCUT2D eigenvalue weighted by Gasteiger charge is -2.12. The van der Waals surface area contributed by atoms with Crippen LogP contribution in [0.25, 0.3) is 0 Å². The molecular formula is C15H24O5. The molecule has 0 radical (unpaired) electrons. The maximum Gasteiger partial charge on any atom is 0.309 e. The minimum absolute atomic E-state index is 0.151. The van der Waals surface area contributed by atoms with Crippen molar-refractivity contribution in [1.82, 2.24) is 0 Å². The van der Waals surface area contributed by atoms with E-state index in [1.54, 1.807) is 0 Å². The highest BCUT2D eigenvalue weighted by Gasteiger charge is 2.49. The Bertz CT molecular complexity index is 344. The Morgan fingerprint density at radius 3 is 2.30 bits per heavy atom. The topological polar surface area (TPSA) is 72.8 Å². The fourth-order valence-electron chi connectivity index (χ4n) is 2.66. The standard InChI is InChI=1S/C15H24O5/c16-12-20-15(8-9-15)5-1-2-10-19-11-3-4-14(6-7-14)13(17)18/h12H,1-11H2,(H,17,18). The van der Waals surface area contributed by atoms with Crippen molar-refractivity contribution in [1.29, 1.82) is 0 Å². The first kappa shape index (κ1) is 15.3. The monoisotopic (exact) mass is 284 g/mol. The van der Waals surface area contributed by atoms with Crippen LogP contribution in [0.3, 0.4) is 0 Å². The number of unbranched alkanes of at least 4 members (excludes halogenated alkanes) is 1. The van der Waals surface area contributed by atoms with E-state index < -0.39 is 11.4 Å². The SMILES string of the molecule is O=COC1(CCCCOCCCC2(C(=O)O)CC2)CC1. The van der Waals surface area contributed by atoms with E-state index in [4.69, 9.17) is 14.6 Å². The van der Waals surface area contributed by atoms with Gasteiger partial charge in [-0.05, 0) is 57.8 Å². The van der Waals surface area contributed by atoms with Crippen LogP contribution in [0.1, 0.15) is 57.8 Å². The molecule has 20 heavy (non-hydrogen) atoms. The molecule has 0 saturated heterocycles. The lowest BCUT2D eigenvalue weighted by Crippen LogP contribution is -2.15. The summed E-state index contributed by atoms with van der Waals surface area (Å²) in [6.45, 7) is 1.90. The number of hydrogen-bond donors (Lipinski definition) is 1. The van der Waals surface area contributed by atoms with Gasteiger partial charge in [-0.1, -0.05) is 0 Å². The number of hydrogen-bond acceptors (Lipinski definition) is 4. The number of carboxylic acids is 1. The molecule has 0 amide bonds. The highest BCUT2D eigenvalue weighted by Crippen LogP contribution is 2.49. The molecule has 2 rings (SSSR count). The maximum absolute atomic E-state index is 11.0. The van der Waals surface area contributed by atoms with Crippen LogP contribution < -0.4 is 0 Å². The van der Waals surface area contributed by atoms with Gasteiger partial charge in [-0.25, -0.2) is 0 Å². The molecule has 0 bridgehead atoms. The summed E-state index contributed by atoms with van der Waals surface area (Å²) in [4.78, 5) is 21.3. The molecule has 0 unspecified atom stereocenters. The van der Waals surface area contributed by atoms with Crippen LogP contribution >= 0.6 is 0 Å². The van der Waals surface area contributed by atoms with Crippen molar-refractivity contribution in [2.45, 2.75) is 63.4 Å². The van der Waals surface area contributed by atoms with Crippen LogP contribution in [-0.4, -0.2) is 36.4 Å². The molecule has 2 aliphatic carbocycles. The Balaban J connectivity index is 1.41. The van der Waals surface area contributed by atoms with Crippen molar-refractivity contribution in [3.63, 3.8) is 0 Å². The highest BCUT2D eigenvalue weighted by atomic mass is 16.5. The van der Waals surface area contributed by atoms with Crippen LogP contribution in [0, 0.1) is 5.41 Å². The van der Waals surface area contributed by atoms with E-state index in [2.05, 4.69) is 0 Å². The number of carboxylic acid groups (broad SMARTS) is 1. The van der Waals surface area contributed by atoms with Gasteiger partial charge in [0.2, 0.25) is 0 Å². The number of rotatable bonds is 12. The number of carbonyl (C=O) groups is 2. The van der Waals surface area contributed by atoms with E-state index in [1.807, 2.05) is 0 Å². The number of ether oxygens (including phenoxy) is 2. The second kappa shape index (κ2) is 6.57. The van der Waals surface area contributed by atoms with E-state index in [1.165, 1.54) is 0 Å². The summed E-state index contributed by atoms with van der Waals surface area (Å²) in [5.74, 6) is -0.651. The van der Waals surface area contributed by atoms with Crippen molar-refractivity contribution in [2.24, 2.45) is 5.41 Å². The minimum Gasteiger partial charge on any atom is -0.481 e. The molecule has 114 valence electrons. The minimum atomic E-state index is -0.651. The lowest BCUT2D eigenvalue weighted by molar-refractivity contribution is -0.143. The van der Waals surface area contributed by atoms with Crippen LogP contribution in [0.2, 0.25) is 0 Å². The molecule has 5 nitrogen and oxygen atoms in total. The zero-order chi connectivity index (χ0) is 14.5. The first-order valence-corrected chi connectivity index (χ1v) is 7.55. The van der Waals surface area contributed by atoms with Gasteiger partial charge in [0.05, 0.1) is 5.41 Å². The molecule has 0 spiro atoms. The second-order valence-corrected chi connectivity index (χ2v) is 6.16. The highest BCUT2D eigenvalue weighted by molar-refractivity contribution is 5.77. The Kier molecular flexibility index (Phi) is 5.02. The van der Waals surface area contributed by atoms with Gasteiger partial charge < -0.3 is 14.6 Å². The number of carbonyl (C=O) groups excluding carboxylic acids is 1. The van der Waals surface area contributed by atoms with Gasteiger partial charge in [-0.15, -0.1) is 0 Å². The van der Waals surface area contributed by atoms with Crippen molar-refractivity contribution < 1.29 is 24.2 Å². The van der Waals surface area contributed by atoms with Crippen molar-refractivity contribution >= 4 is 12.4 Å². The second-order valence-electron chi connectivity index (χ2n) is 6.16. The molecule has 2 saturated carbocycles. The zero-order valence-corrected chi connectivity index (χ0v) is 11.9. The maximum atomic E-state index is 11.0. The fraction of sp³-hybridized carbons (Fsp3) is 0.867. The van der Waals surface area contributed by atoms with E-state index in [9.17, 15) is 9.59 Å². The van der Waals surface area contributed by atoms with Gasteiger partial charge in [0.15, 0.2) is 0 Å². The third kappa shape index (κ3) is 4.20. The van der Waals surface area contributed by atoms with Gasteiger partial charge in [-0.3, -0.25) is 9.59 Å². The Morgan fingerprint density at radius 1 is 1.05 bits per heavy atom. The summed E-state index contributed by atoms with van der Waals surface area (Å²) >= 11 is 0. The molecule has 0 heterocycles. The molecule has 2 fully saturated rings. The first-order chi connectivity index (χ1) is 9.63. The van der Waals surface area contributed by atoms with Gasteiger partial charge in [-0.2, -0.15) is 0 Å². The fourth-order valence-corrected chi connectivity index (χ4v) is 2.66. The average Bonchev–Trinajstić information content (AvgIpc) is 3.30. The largest absolute Gasteiger partial charge is 0.481 e. The van der Waals surface area contributed by atoms with Crippen molar-refractivity contribution in [3.8, 4) is 0 Å². The molecular weight excluding hydrogens is 260 g/mol. The summed E-state index contributed by atoms with van der Waals surface area (Å²) in [5, 5.41) is 9.02. The van der Waals surface area contributed by atoms with Gasteiger partial charge in [0, 0.05) is 13.2 Å². The predicted octanol–water partition coefficient (Wildman–Crippen LogP) is 2.52. The van der Waals surface area contributed by atoms with Crippen LogP contribution in [0.5, 0.6) is 0 Å². The Hall–Kier alpha value is -1.10. The third-order valence-electron chi connectivity index (χ3n) is 4.53. The van der Waals surface area contributed by atoms with E-state index in [-0.39, 0.29) is 5.60 Å². The van der Waals surface area contributed by atoms with Crippen molar-refractivity contribution in [3.05, 3.63) is 0 Å². The van der Waals surface area contributed by atoms with Gasteiger partial charge in [0.25, 0.3) is 6.47 Å². The predicted molar refractivity (Wildman–Crippen MR) is 72.3 cm³/mol. The van der Waals surface area contributed by atoms with E-state index >= 15 is 0 Å². The van der Waals surface area contributed by atoms with Crippen LogP contribution in [-0.2, 0) is 19.1 Å². The zero-order valence-electron chi connectivity index (χ0n) is 11.9. The molecule has 0 atom stereocenters. The average molecular weight is 284 g/mol. The molecule has 0 aliphatic heterocycles. The lowest BCUT2D eigenvalue weighted by atomic mass is 10.0. The molecule has 2 aliphatic rings. The Morgan fingerprint density at radius 2 is 1.75 bits per heavy atom. The van der Waals surface area contributed by atoms with Gasteiger partial charge in [0.1, 0.15) is 5.60 Å². The van der Waals surface area contributed by atoms with Crippen LogP contribution in [0.4, 0.5) is 0 Å². The smallest absolute Gasteiger partial charge is 0.309 e. The quantitative estimate of drug-likeness (QED) is 0.440. The molecule has 5 heteroatoms. The third-order valence-corrected chi connectivity index (χ3v) is 4.53. The Labute approximate surface area is 119 Å². The van der Waals surface area contributed by atoms with Crippen molar-refractivity contribution in [2.75, 3.05) is 13.2 Å². The molecule has 0 aromatic carbocycles.